The number of likely N-dealkylation sites (N-methyl/N-ethyl adjacent to an activating group) is 1. The van der Waals surface area contributed by atoms with Crippen LogP contribution < -0.4 is 11.1 Å². The van der Waals surface area contributed by atoms with Crippen molar-refractivity contribution in [2.45, 2.75) is 37.8 Å². The first kappa shape index (κ1) is 17.9. The van der Waals surface area contributed by atoms with E-state index in [2.05, 4.69) is 24.2 Å². The number of thiophene rings is 1. The Morgan fingerprint density at radius 1 is 1.46 bits per heavy atom. The lowest BCUT2D eigenvalue weighted by atomic mass is 9.67. The number of carbonyl (C=O) groups is 1. The number of nitrogens with zero attached hydrogens (tertiary/aromatic N) is 1. The zero-order valence-electron chi connectivity index (χ0n) is 14.9. The van der Waals surface area contributed by atoms with E-state index in [9.17, 15) is 4.79 Å². The first-order valence-corrected chi connectivity index (χ1v) is 9.67. The molecule has 1 amide bonds. The van der Waals surface area contributed by atoms with Gasteiger partial charge in [-0.05, 0) is 37.9 Å². The normalized spacial score (nSPS) is 31.2. The van der Waals surface area contributed by atoms with Crippen LogP contribution in [0.2, 0.25) is 0 Å². The van der Waals surface area contributed by atoms with Gasteiger partial charge in [0.25, 0.3) is 5.91 Å². The van der Waals surface area contributed by atoms with Crippen molar-refractivity contribution in [3.05, 3.63) is 21.9 Å². The third-order valence-corrected chi connectivity index (χ3v) is 7.22. The number of rotatable bonds is 6. The molecule has 1 aliphatic heterocycles. The van der Waals surface area contributed by atoms with Crippen LogP contribution in [0.3, 0.4) is 0 Å². The van der Waals surface area contributed by atoms with E-state index in [4.69, 9.17) is 10.5 Å². The predicted octanol–water partition coefficient (Wildman–Crippen LogP) is 2.03. The number of hydrogen-bond donors (Lipinski definition) is 2. The molecular formula is C18H29N3O2S. The summed E-state index contributed by atoms with van der Waals surface area (Å²) in [6, 6.07) is 4.52. The molecule has 3 atom stereocenters. The smallest absolute Gasteiger partial charge is 0.258 e. The molecule has 0 bridgehead atoms. The fourth-order valence-corrected chi connectivity index (χ4v) is 5.62. The van der Waals surface area contributed by atoms with Crippen molar-refractivity contribution in [2.24, 2.45) is 17.6 Å². The highest BCUT2D eigenvalue weighted by Crippen LogP contribution is 2.50. The fraction of sp³-hybridized carbons (Fsp3) is 0.722. The van der Waals surface area contributed by atoms with Gasteiger partial charge in [0.2, 0.25) is 0 Å². The Bertz CT molecular complexity index is 587. The van der Waals surface area contributed by atoms with Crippen molar-refractivity contribution < 1.29 is 9.53 Å². The molecular weight excluding hydrogens is 322 g/mol. The summed E-state index contributed by atoms with van der Waals surface area (Å²) in [6.07, 6.45) is 3.55. The SMILES string of the molecule is COC1(c2ccc(C(N)=O)s2)C(C)CCCC1CN(C)C1CNC1. The first-order chi connectivity index (χ1) is 11.5. The summed E-state index contributed by atoms with van der Waals surface area (Å²) in [4.78, 5) is 15.8. The predicted molar refractivity (Wildman–Crippen MR) is 97.3 cm³/mol. The number of nitrogens with two attached hydrogens (primary N) is 1. The Hall–Kier alpha value is -0.950. The van der Waals surface area contributed by atoms with Crippen molar-refractivity contribution >= 4 is 17.2 Å². The maximum atomic E-state index is 11.5. The summed E-state index contributed by atoms with van der Waals surface area (Å²) in [7, 11) is 4.04. The van der Waals surface area contributed by atoms with Gasteiger partial charge >= 0.3 is 0 Å². The van der Waals surface area contributed by atoms with Crippen molar-refractivity contribution in [1.29, 1.82) is 0 Å². The van der Waals surface area contributed by atoms with Gasteiger partial charge < -0.3 is 20.7 Å². The van der Waals surface area contributed by atoms with Gasteiger partial charge in [-0.15, -0.1) is 11.3 Å². The minimum Gasteiger partial charge on any atom is -0.372 e. The lowest BCUT2D eigenvalue weighted by molar-refractivity contribution is -0.131. The topological polar surface area (TPSA) is 67.6 Å². The number of nitrogens with one attached hydrogen (secondary N) is 1. The van der Waals surface area contributed by atoms with Gasteiger partial charge in [-0.1, -0.05) is 13.3 Å². The summed E-state index contributed by atoms with van der Waals surface area (Å²) in [5.41, 5.74) is 5.15. The van der Waals surface area contributed by atoms with Crippen LogP contribution in [0.5, 0.6) is 0 Å². The zero-order valence-corrected chi connectivity index (χ0v) is 15.7. The van der Waals surface area contributed by atoms with Crippen molar-refractivity contribution in [2.75, 3.05) is 33.8 Å². The van der Waals surface area contributed by atoms with E-state index in [0.717, 1.165) is 37.4 Å². The van der Waals surface area contributed by atoms with E-state index >= 15 is 0 Å². The molecule has 24 heavy (non-hydrogen) atoms. The molecule has 134 valence electrons. The standard InChI is InChI=1S/C18H29N3O2S/c1-12-5-4-6-13(11-21(2)14-9-20-10-14)18(12,23-3)16-8-7-15(24-16)17(19)22/h7-8,12-14,20H,4-6,9-11H2,1-3H3,(H2,19,22). The first-order valence-electron chi connectivity index (χ1n) is 8.85. The average molecular weight is 352 g/mol. The summed E-state index contributed by atoms with van der Waals surface area (Å²) >= 11 is 1.50. The minimum atomic E-state index is -0.352. The number of primary amides is 1. The Labute approximate surface area is 148 Å². The summed E-state index contributed by atoms with van der Waals surface area (Å²) in [5.74, 6) is 0.500. The molecule has 1 saturated heterocycles. The number of carbonyl (C=O) groups excluding carboxylic acids is 1. The molecule has 3 N–H and O–H groups in total. The molecule has 2 aliphatic rings. The quantitative estimate of drug-likeness (QED) is 0.823. The highest BCUT2D eigenvalue weighted by Gasteiger charge is 2.49. The van der Waals surface area contributed by atoms with Gasteiger partial charge in [0, 0.05) is 43.6 Å². The third-order valence-electron chi connectivity index (χ3n) is 5.99. The molecule has 3 unspecified atom stereocenters. The van der Waals surface area contributed by atoms with Gasteiger partial charge in [-0.3, -0.25) is 4.79 Å². The van der Waals surface area contributed by atoms with Crippen LogP contribution in [0.25, 0.3) is 0 Å². The molecule has 1 aliphatic carbocycles. The molecule has 1 aromatic rings. The van der Waals surface area contributed by atoms with E-state index in [1.54, 1.807) is 0 Å². The van der Waals surface area contributed by atoms with Gasteiger partial charge in [-0.2, -0.15) is 0 Å². The summed E-state index contributed by atoms with van der Waals surface area (Å²) < 4.78 is 6.23. The molecule has 2 fully saturated rings. The number of hydrogen-bond acceptors (Lipinski definition) is 5. The molecule has 3 rings (SSSR count). The lowest BCUT2D eigenvalue weighted by Gasteiger charge is -2.49. The van der Waals surface area contributed by atoms with E-state index in [1.165, 1.54) is 17.8 Å². The van der Waals surface area contributed by atoms with Crippen LogP contribution in [0.1, 0.15) is 40.7 Å². The van der Waals surface area contributed by atoms with Crippen LogP contribution in [0.4, 0.5) is 0 Å². The van der Waals surface area contributed by atoms with Crippen molar-refractivity contribution in [3.63, 3.8) is 0 Å². The highest BCUT2D eigenvalue weighted by atomic mass is 32.1. The molecule has 0 radical (unpaired) electrons. The van der Waals surface area contributed by atoms with Gasteiger partial charge in [-0.25, -0.2) is 0 Å². The highest BCUT2D eigenvalue weighted by molar-refractivity contribution is 7.14. The zero-order chi connectivity index (χ0) is 17.3. The van der Waals surface area contributed by atoms with Crippen molar-refractivity contribution in [3.8, 4) is 0 Å². The van der Waals surface area contributed by atoms with Gasteiger partial charge in [0.15, 0.2) is 0 Å². The second-order valence-electron chi connectivity index (χ2n) is 7.31. The third kappa shape index (κ3) is 3.01. The van der Waals surface area contributed by atoms with E-state index in [-0.39, 0.29) is 11.5 Å². The van der Waals surface area contributed by atoms with Gasteiger partial charge in [0.1, 0.15) is 5.60 Å². The van der Waals surface area contributed by atoms with E-state index < -0.39 is 0 Å². The number of amides is 1. The molecule has 5 nitrogen and oxygen atoms in total. The molecule has 0 aromatic carbocycles. The average Bonchev–Trinajstić information content (AvgIpc) is 2.96. The molecule has 6 heteroatoms. The minimum absolute atomic E-state index is 0.317. The second-order valence-corrected chi connectivity index (χ2v) is 8.39. The lowest BCUT2D eigenvalue weighted by Crippen LogP contribution is -2.58. The maximum Gasteiger partial charge on any atom is 0.258 e. The number of ether oxygens (including phenoxy) is 1. The van der Waals surface area contributed by atoms with Crippen LogP contribution in [0, 0.1) is 11.8 Å². The van der Waals surface area contributed by atoms with Crippen molar-refractivity contribution in [1.82, 2.24) is 10.2 Å². The Balaban J connectivity index is 1.90. The Morgan fingerprint density at radius 3 is 2.75 bits per heavy atom. The number of methoxy groups -OCH3 is 1. The van der Waals surface area contributed by atoms with E-state index in [1.807, 2.05) is 19.2 Å². The van der Waals surface area contributed by atoms with Crippen LogP contribution in [-0.4, -0.2) is 50.6 Å². The Morgan fingerprint density at radius 2 is 2.21 bits per heavy atom. The monoisotopic (exact) mass is 351 g/mol. The summed E-state index contributed by atoms with van der Waals surface area (Å²) in [5, 5.41) is 3.35. The Kier molecular flexibility index (Phi) is 5.30. The largest absolute Gasteiger partial charge is 0.372 e. The fourth-order valence-electron chi connectivity index (χ4n) is 4.40. The molecule has 0 spiro atoms. The molecule has 2 heterocycles. The van der Waals surface area contributed by atoms with Crippen LogP contribution in [-0.2, 0) is 10.3 Å². The van der Waals surface area contributed by atoms with Gasteiger partial charge in [0.05, 0.1) is 4.88 Å². The van der Waals surface area contributed by atoms with Crippen LogP contribution >= 0.6 is 11.3 Å². The van der Waals surface area contributed by atoms with E-state index in [0.29, 0.717) is 22.8 Å². The summed E-state index contributed by atoms with van der Waals surface area (Å²) in [6.45, 7) is 5.45. The second kappa shape index (κ2) is 7.12. The molecule has 1 saturated carbocycles. The maximum absolute atomic E-state index is 11.5. The van der Waals surface area contributed by atoms with Crippen LogP contribution in [0.15, 0.2) is 12.1 Å². The molecule has 1 aromatic heterocycles.